The molecule has 2 aromatic rings. The zero-order valence-corrected chi connectivity index (χ0v) is 12.7. The Morgan fingerprint density at radius 3 is 2.71 bits per heavy atom. The molecule has 0 saturated carbocycles. The summed E-state index contributed by atoms with van der Waals surface area (Å²) in [6.07, 6.45) is 3.88. The van der Waals surface area contributed by atoms with E-state index in [4.69, 9.17) is 0 Å². The molecule has 3 heteroatoms. The van der Waals surface area contributed by atoms with Crippen LogP contribution in [0.2, 0.25) is 0 Å². The number of amides is 1. The Morgan fingerprint density at radius 2 is 2.00 bits per heavy atom. The van der Waals surface area contributed by atoms with Crippen molar-refractivity contribution < 1.29 is 4.79 Å². The first kappa shape index (κ1) is 15.2. The number of nitrogens with one attached hydrogen (secondary N) is 1. The second-order valence-electron chi connectivity index (χ2n) is 5.35. The van der Waals surface area contributed by atoms with Gasteiger partial charge in [0.15, 0.2) is 0 Å². The molecule has 1 aromatic heterocycles. The van der Waals surface area contributed by atoms with Gasteiger partial charge in [-0.05, 0) is 43.5 Å². The minimum atomic E-state index is 0.103. The molecule has 1 N–H and O–H groups in total. The molecule has 0 aliphatic heterocycles. The zero-order valence-electron chi connectivity index (χ0n) is 12.7. The predicted molar refractivity (Wildman–Crippen MR) is 85.2 cm³/mol. The van der Waals surface area contributed by atoms with Gasteiger partial charge in [0.1, 0.15) is 0 Å². The molecule has 0 unspecified atom stereocenters. The van der Waals surface area contributed by atoms with E-state index in [-0.39, 0.29) is 5.91 Å². The van der Waals surface area contributed by atoms with E-state index in [1.165, 1.54) is 16.7 Å². The molecule has 0 radical (unpaired) electrons. The number of hydrogen-bond donors (Lipinski definition) is 1. The summed E-state index contributed by atoms with van der Waals surface area (Å²) < 4.78 is 0. The van der Waals surface area contributed by atoms with E-state index in [0.29, 0.717) is 13.0 Å². The first-order valence-electron chi connectivity index (χ1n) is 7.38. The Morgan fingerprint density at radius 1 is 1.14 bits per heavy atom. The Hall–Kier alpha value is -2.16. The van der Waals surface area contributed by atoms with Crippen LogP contribution < -0.4 is 5.32 Å². The molecule has 1 aromatic carbocycles. The Labute approximate surface area is 126 Å². The van der Waals surface area contributed by atoms with E-state index in [9.17, 15) is 4.79 Å². The van der Waals surface area contributed by atoms with Crippen LogP contribution in [-0.4, -0.2) is 17.4 Å². The molecule has 21 heavy (non-hydrogen) atoms. The van der Waals surface area contributed by atoms with Crippen molar-refractivity contribution in [2.45, 2.75) is 33.1 Å². The third-order valence-electron chi connectivity index (χ3n) is 3.55. The second-order valence-corrected chi connectivity index (χ2v) is 5.35. The van der Waals surface area contributed by atoms with Crippen LogP contribution in [0.3, 0.4) is 0 Å². The van der Waals surface area contributed by atoms with Crippen molar-refractivity contribution in [2.24, 2.45) is 0 Å². The summed E-state index contributed by atoms with van der Waals surface area (Å²) in [5.41, 5.74) is 4.78. The largest absolute Gasteiger partial charge is 0.356 e. The van der Waals surface area contributed by atoms with E-state index in [2.05, 4.69) is 42.3 Å². The summed E-state index contributed by atoms with van der Waals surface area (Å²) in [7, 11) is 0. The third kappa shape index (κ3) is 5.03. The molecule has 0 spiro atoms. The molecule has 0 fully saturated rings. The fraction of sp³-hybridized carbons (Fsp3) is 0.333. The van der Waals surface area contributed by atoms with Crippen LogP contribution in [0.1, 0.15) is 28.8 Å². The topological polar surface area (TPSA) is 42.0 Å². The van der Waals surface area contributed by atoms with Crippen LogP contribution in [0.4, 0.5) is 0 Å². The van der Waals surface area contributed by atoms with Crippen molar-refractivity contribution in [2.75, 3.05) is 6.54 Å². The number of aromatic nitrogens is 1. The van der Waals surface area contributed by atoms with Gasteiger partial charge in [-0.25, -0.2) is 0 Å². The van der Waals surface area contributed by atoms with Crippen LogP contribution in [0.5, 0.6) is 0 Å². The van der Waals surface area contributed by atoms with E-state index >= 15 is 0 Å². The lowest BCUT2D eigenvalue weighted by molar-refractivity contribution is -0.121. The SMILES string of the molecule is Cc1ccc(CCC(=O)NCCc2ccccn2)c(C)c1. The molecule has 0 bridgehead atoms. The monoisotopic (exact) mass is 282 g/mol. The van der Waals surface area contributed by atoms with Gasteiger partial charge in [0.05, 0.1) is 0 Å². The van der Waals surface area contributed by atoms with Gasteiger partial charge in [-0.1, -0.05) is 29.8 Å². The predicted octanol–water partition coefficient (Wildman–Crippen LogP) is 2.99. The van der Waals surface area contributed by atoms with Gasteiger partial charge < -0.3 is 5.32 Å². The number of rotatable bonds is 6. The summed E-state index contributed by atoms with van der Waals surface area (Å²) in [6, 6.07) is 12.2. The summed E-state index contributed by atoms with van der Waals surface area (Å²) in [4.78, 5) is 16.1. The van der Waals surface area contributed by atoms with E-state index in [0.717, 1.165) is 18.5 Å². The molecule has 1 heterocycles. The number of benzene rings is 1. The van der Waals surface area contributed by atoms with Gasteiger partial charge in [0.25, 0.3) is 0 Å². The lowest BCUT2D eigenvalue weighted by Crippen LogP contribution is -2.26. The highest BCUT2D eigenvalue weighted by Crippen LogP contribution is 2.12. The zero-order chi connectivity index (χ0) is 15.1. The van der Waals surface area contributed by atoms with Gasteiger partial charge in [-0.15, -0.1) is 0 Å². The second kappa shape index (κ2) is 7.58. The molecule has 0 aliphatic carbocycles. The first-order chi connectivity index (χ1) is 10.1. The number of aryl methyl sites for hydroxylation is 3. The lowest BCUT2D eigenvalue weighted by atomic mass is 10.0. The summed E-state index contributed by atoms with van der Waals surface area (Å²) in [5.74, 6) is 0.103. The highest BCUT2D eigenvalue weighted by atomic mass is 16.1. The third-order valence-corrected chi connectivity index (χ3v) is 3.55. The molecular weight excluding hydrogens is 260 g/mol. The Balaban J connectivity index is 1.72. The molecule has 0 saturated heterocycles. The quantitative estimate of drug-likeness (QED) is 0.885. The Bertz CT molecular complexity index is 593. The summed E-state index contributed by atoms with van der Waals surface area (Å²) in [5, 5.41) is 2.95. The lowest BCUT2D eigenvalue weighted by Gasteiger charge is -2.08. The van der Waals surface area contributed by atoms with E-state index in [1.54, 1.807) is 6.20 Å². The van der Waals surface area contributed by atoms with Gasteiger partial charge in [0, 0.05) is 31.3 Å². The van der Waals surface area contributed by atoms with Gasteiger partial charge in [-0.2, -0.15) is 0 Å². The highest BCUT2D eigenvalue weighted by molar-refractivity contribution is 5.76. The summed E-state index contributed by atoms with van der Waals surface area (Å²) in [6.45, 7) is 4.82. The maximum absolute atomic E-state index is 11.9. The Kier molecular flexibility index (Phi) is 5.50. The maximum atomic E-state index is 11.9. The molecule has 3 nitrogen and oxygen atoms in total. The van der Waals surface area contributed by atoms with Gasteiger partial charge in [0.2, 0.25) is 5.91 Å². The minimum Gasteiger partial charge on any atom is -0.356 e. The molecule has 0 aliphatic rings. The molecule has 1 amide bonds. The van der Waals surface area contributed by atoms with Crippen molar-refractivity contribution >= 4 is 5.91 Å². The maximum Gasteiger partial charge on any atom is 0.220 e. The van der Waals surface area contributed by atoms with E-state index in [1.807, 2.05) is 18.2 Å². The fourth-order valence-electron chi connectivity index (χ4n) is 2.34. The molecule has 0 atom stereocenters. The van der Waals surface area contributed by atoms with Crippen LogP contribution >= 0.6 is 0 Å². The first-order valence-corrected chi connectivity index (χ1v) is 7.38. The molecule has 110 valence electrons. The number of pyridine rings is 1. The van der Waals surface area contributed by atoms with Crippen molar-refractivity contribution in [1.82, 2.24) is 10.3 Å². The van der Waals surface area contributed by atoms with Crippen LogP contribution in [0.25, 0.3) is 0 Å². The van der Waals surface area contributed by atoms with Gasteiger partial charge >= 0.3 is 0 Å². The summed E-state index contributed by atoms with van der Waals surface area (Å²) >= 11 is 0. The highest BCUT2D eigenvalue weighted by Gasteiger charge is 2.04. The van der Waals surface area contributed by atoms with Crippen molar-refractivity contribution in [3.63, 3.8) is 0 Å². The number of carbonyl (C=O) groups is 1. The molecule has 2 rings (SSSR count). The van der Waals surface area contributed by atoms with Gasteiger partial charge in [-0.3, -0.25) is 9.78 Å². The van der Waals surface area contributed by atoms with Crippen LogP contribution in [0.15, 0.2) is 42.6 Å². The van der Waals surface area contributed by atoms with Crippen molar-refractivity contribution in [1.29, 1.82) is 0 Å². The smallest absolute Gasteiger partial charge is 0.220 e. The fourth-order valence-corrected chi connectivity index (χ4v) is 2.34. The standard InChI is InChI=1S/C18H22N2O/c1-14-6-7-16(15(2)13-14)8-9-18(21)20-12-10-17-5-3-4-11-19-17/h3-7,11,13H,8-10,12H2,1-2H3,(H,20,21). The van der Waals surface area contributed by atoms with Crippen molar-refractivity contribution in [3.8, 4) is 0 Å². The van der Waals surface area contributed by atoms with Crippen LogP contribution in [-0.2, 0) is 17.6 Å². The number of nitrogens with zero attached hydrogens (tertiary/aromatic N) is 1. The molecular formula is C18H22N2O. The van der Waals surface area contributed by atoms with Crippen LogP contribution in [0, 0.1) is 13.8 Å². The number of carbonyl (C=O) groups excluding carboxylic acids is 1. The van der Waals surface area contributed by atoms with E-state index < -0.39 is 0 Å². The average molecular weight is 282 g/mol. The minimum absolute atomic E-state index is 0.103. The number of hydrogen-bond acceptors (Lipinski definition) is 2. The normalized spacial score (nSPS) is 10.4. The average Bonchev–Trinajstić information content (AvgIpc) is 2.47. The van der Waals surface area contributed by atoms with Crippen molar-refractivity contribution in [3.05, 3.63) is 65.0 Å².